The molecule has 0 saturated carbocycles. The quantitative estimate of drug-likeness (QED) is 0.344. The molecule has 0 fully saturated rings. The highest BCUT2D eigenvalue weighted by Gasteiger charge is 2.21. The van der Waals surface area contributed by atoms with Crippen molar-refractivity contribution < 1.29 is 13.2 Å². The molecule has 2 aromatic carbocycles. The Balaban J connectivity index is 1.74. The van der Waals surface area contributed by atoms with Crippen molar-refractivity contribution in [2.75, 3.05) is 37.8 Å². The van der Waals surface area contributed by atoms with Crippen molar-refractivity contribution in [2.24, 2.45) is 7.05 Å². The molecule has 4 aromatic rings. The fraction of sp³-hybridized carbons (Fsp3) is 0.292. The molecule has 0 radical (unpaired) electrons. The standard InChI is InChI=1S/C24H29N7O3S/c1-30(2)13-7-8-17-11-12-18(34-4)14-21(17)28-23-24(27-20-10-6-5-9-19(20)26-23)29-35(32,33)22-15-31(3)16-25-22/h5-6,9-12,14-16H,7-8,13H2,1-4H3,(H,26,28)(H,27,29). The summed E-state index contributed by atoms with van der Waals surface area (Å²) in [6, 6.07) is 13.1. The zero-order chi connectivity index (χ0) is 25.0. The van der Waals surface area contributed by atoms with Gasteiger partial charge in [-0.2, -0.15) is 8.42 Å². The summed E-state index contributed by atoms with van der Waals surface area (Å²) in [6.07, 6.45) is 4.63. The van der Waals surface area contributed by atoms with Crippen LogP contribution in [0.15, 0.2) is 60.0 Å². The molecule has 0 unspecified atom stereocenters. The minimum atomic E-state index is -3.98. The van der Waals surface area contributed by atoms with Crippen molar-refractivity contribution >= 4 is 38.4 Å². The molecule has 0 aliphatic rings. The number of ether oxygens (including phenoxy) is 1. The third-order valence-electron chi connectivity index (χ3n) is 5.38. The summed E-state index contributed by atoms with van der Waals surface area (Å²) in [5.74, 6) is 1.04. The van der Waals surface area contributed by atoms with Crippen LogP contribution in [0.4, 0.5) is 17.3 Å². The Morgan fingerprint density at radius 1 is 1.06 bits per heavy atom. The van der Waals surface area contributed by atoms with E-state index in [1.54, 1.807) is 24.8 Å². The Bertz CT molecular complexity index is 1430. The largest absolute Gasteiger partial charge is 0.497 e. The molecule has 2 heterocycles. The van der Waals surface area contributed by atoms with Crippen LogP contribution >= 0.6 is 0 Å². The normalized spacial score (nSPS) is 11.7. The van der Waals surface area contributed by atoms with Crippen molar-refractivity contribution in [1.29, 1.82) is 0 Å². The van der Waals surface area contributed by atoms with Gasteiger partial charge in [0.1, 0.15) is 5.75 Å². The van der Waals surface area contributed by atoms with Gasteiger partial charge in [0.05, 0.1) is 24.5 Å². The van der Waals surface area contributed by atoms with Gasteiger partial charge in [-0.25, -0.2) is 15.0 Å². The zero-order valence-corrected chi connectivity index (χ0v) is 21.0. The molecule has 4 rings (SSSR count). The van der Waals surface area contributed by atoms with Crippen LogP contribution in [0.3, 0.4) is 0 Å². The van der Waals surface area contributed by atoms with Crippen molar-refractivity contribution in [2.45, 2.75) is 17.9 Å². The number of imidazole rings is 1. The molecule has 35 heavy (non-hydrogen) atoms. The topological polar surface area (TPSA) is 114 Å². The number of benzene rings is 2. The zero-order valence-electron chi connectivity index (χ0n) is 20.2. The molecule has 0 aliphatic carbocycles. The van der Waals surface area contributed by atoms with E-state index < -0.39 is 10.0 Å². The summed E-state index contributed by atoms with van der Waals surface area (Å²) < 4.78 is 35.6. The molecule has 184 valence electrons. The van der Waals surface area contributed by atoms with Crippen molar-refractivity contribution in [3.8, 4) is 5.75 Å². The maximum Gasteiger partial charge on any atom is 0.282 e. The second kappa shape index (κ2) is 10.3. The monoisotopic (exact) mass is 495 g/mol. The second-order valence-electron chi connectivity index (χ2n) is 8.45. The van der Waals surface area contributed by atoms with Crippen LogP contribution in [0.1, 0.15) is 12.0 Å². The van der Waals surface area contributed by atoms with Gasteiger partial charge >= 0.3 is 0 Å². The number of rotatable bonds is 10. The van der Waals surface area contributed by atoms with Gasteiger partial charge < -0.3 is 19.5 Å². The van der Waals surface area contributed by atoms with Gasteiger partial charge in [0.15, 0.2) is 16.7 Å². The molecule has 2 N–H and O–H groups in total. The van der Waals surface area contributed by atoms with Gasteiger partial charge in [-0.1, -0.05) is 18.2 Å². The van der Waals surface area contributed by atoms with E-state index in [4.69, 9.17) is 4.74 Å². The molecule has 11 heteroatoms. The van der Waals surface area contributed by atoms with Crippen LogP contribution < -0.4 is 14.8 Å². The lowest BCUT2D eigenvalue weighted by molar-refractivity contribution is 0.400. The van der Waals surface area contributed by atoms with Gasteiger partial charge in [0, 0.05) is 25.0 Å². The van der Waals surface area contributed by atoms with E-state index in [-0.39, 0.29) is 16.7 Å². The van der Waals surface area contributed by atoms with Crippen molar-refractivity contribution in [3.63, 3.8) is 0 Å². The van der Waals surface area contributed by atoms with Gasteiger partial charge in [-0.3, -0.25) is 4.72 Å². The first-order chi connectivity index (χ1) is 16.7. The average Bonchev–Trinajstić information content (AvgIpc) is 3.27. The van der Waals surface area contributed by atoms with E-state index in [1.165, 1.54) is 12.5 Å². The van der Waals surface area contributed by atoms with E-state index in [9.17, 15) is 8.42 Å². The lowest BCUT2D eigenvalue weighted by Gasteiger charge is -2.17. The minimum absolute atomic E-state index is 0.0800. The molecule has 2 aromatic heterocycles. The first-order valence-corrected chi connectivity index (χ1v) is 12.6. The molecule has 0 spiro atoms. The van der Waals surface area contributed by atoms with Gasteiger partial charge in [0.2, 0.25) is 0 Å². The third-order valence-corrected chi connectivity index (χ3v) is 6.60. The van der Waals surface area contributed by atoms with E-state index in [1.807, 2.05) is 50.5 Å². The van der Waals surface area contributed by atoms with Crippen molar-refractivity contribution in [3.05, 3.63) is 60.6 Å². The Morgan fingerprint density at radius 2 is 1.77 bits per heavy atom. The number of aromatic nitrogens is 4. The van der Waals surface area contributed by atoms with Gasteiger partial charge in [0.25, 0.3) is 10.0 Å². The summed E-state index contributed by atoms with van der Waals surface area (Å²) in [5.41, 5.74) is 3.02. The highest BCUT2D eigenvalue weighted by atomic mass is 32.2. The molecular formula is C24H29N7O3S. The maximum atomic E-state index is 13.0. The second-order valence-corrected chi connectivity index (χ2v) is 10.1. The Hall–Kier alpha value is -3.70. The Labute approximate surface area is 205 Å². The van der Waals surface area contributed by atoms with E-state index in [2.05, 4.69) is 29.9 Å². The average molecular weight is 496 g/mol. The highest BCUT2D eigenvalue weighted by molar-refractivity contribution is 7.92. The van der Waals surface area contributed by atoms with Crippen molar-refractivity contribution in [1.82, 2.24) is 24.4 Å². The Morgan fingerprint density at radius 3 is 2.40 bits per heavy atom. The van der Waals surface area contributed by atoms with Crippen LogP contribution in [-0.2, 0) is 23.5 Å². The summed E-state index contributed by atoms with van der Waals surface area (Å²) in [7, 11) is 3.41. The lowest BCUT2D eigenvalue weighted by atomic mass is 10.1. The number of nitrogens with zero attached hydrogens (tertiary/aromatic N) is 5. The highest BCUT2D eigenvalue weighted by Crippen LogP contribution is 2.31. The summed E-state index contributed by atoms with van der Waals surface area (Å²) in [4.78, 5) is 15.3. The lowest BCUT2D eigenvalue weighted by Crippen LogP contribution is -2.16. The predicted molar refractivity (Wildman–Crippen MR) is 137 cm³/mol. The minimum Gasteiger partial charge on any atom is -0.497 e. The molecule has 10 nitrogen and oxygen atoms in total. The summed E-state index contributed by atoms with van der Waals surface area (Å²) in [6.45, 7) is 0.941. The molecule has 0 amide bonds. The first kappa shape index (κ1) is 24.4. The maximum absolute atomic E-state index is 13.0. The predicted octanol–water partition coefficient (Wildman–Crippen LogP) is 3.41. The summed E-state index contributed by atoms with van der Waals surface area (Å²) in [5, 5.41) is 3.20. The molecule has 0 atom stereocenters. The number of nitrogens with one attached hydrogen (secondary N) is 2. The van der Waals surface area contributed by atoms with Gasteiger partial charge in [-0.15, -0.1) is 0 Å². The van der Waals surface area contributed by atoms with Crippen LogP contribution in [-0.4, -0.2) is 60.6 Å². The number of fused-ring (bicyclic) bond motifs is 1. The molecule has 0 bridgehead atoms. The van der Waals surface area contributed by atoms with E-state index in [0.29, 0.717) is 16.8 Å². The number of methoxy groups -OCH3 is 1. The summed E-state index contributed by atoms with van der Waals surface area (Å²) >= 11 is 0. The van der Waals surface area contributed by atoms with E-state index >= 15 is 0 Å². The number of sulfonamides is 1. The molecular weight excluding hydrogens is 466 g/mol. The third kappa shape index (κ3) is 5.87. The van der Waals surface area contributed by atoms with Crippen LogP contribution in [0.25, 0.3) is 11.0 Å². The van der Waals surface area contributed by atoms with Crippen LogP contribution in [0, 0.1) is 0 Å². The Kier molecular flexibility index (Phi) is 7.17. The van der Waals surface area contributed by atoms with E-state index in [0.717, 1.165) is 30.6 Å². The number of para-hydroxylation sites is 2. The van der Waals surface area contributed by atoms with Crippen LogP contribution in [0.2, 0.25) is 0 Å². The van der Waals surface area contributed by atoms with Gasteiger partial charge in [-0.05, 0) is 57.2 Å². The fourth-order valence-corrected chi connectivity index (χ4v) is 4.59. The number of anilines is 3. The number of aryl methyl sites for hydroxylation is 2. The fourth-order valence-electron chi connectivity index (χ4n) is 3.60. The SMILES string of the molecule is COc1ccc(CCCN(C)C)c(Nc2nc3ccccc3nc2NS(=O)(=O)c2cn(C)cn2)c1. The molecule has 0 aliphatic heterocycles. The van der Waals surface area contributed by atoms with Crippen LogP contribution in [0.5, 0.6) is 5.75 Å². The molecule has 0 saturated heterocycles. The number of hydrogen-bond donors (Lipinski definition) is 2. The number of hydrogen-bond acceptors (Lipinski definition) is 8. The first-order valence-electron chi connectivity index (χ1n) is 11.1. The smallest absolute Gasteiger partial charge is 0.282 e.